The first kappa shape index (κ1) is 11.7. The average molecular weight is 211 g/mol. The third-order valence-corrected chi connectivity index (χ3v) is 2.23. The van der Waals surface area contributed by atoms with E-state index >= 15 is 0 Å². The molecule has 0 saturated carbocycles. The second kappa shape index (κ2) is 4.91. The zero-order chi connectivity index (χ0) is 11.4. The highest BCUT2D eigenvalue weighted by Gasteiger charge is 2.29. The van der Waals surface area contributed by atoms with Crippen molar-refractivity contribution in [3.05, 3.63) is 12.2 Å². The molecule has 1 rings (SSSR count). The van der Waals surface area contributed by atoms with Gasteiger partial charge in [0, 0.05) is 7.05 Å². The highest BCUT2D eigenvalue weighted by atomic mass is 16.5. The number of hydrogen-bond donors (Lipinski definition) is 0. The maximum Gasteiger partial charge on any atom is 0.316 e. The van der Waals surface area contributed by atoms with E-state index in [2.05, 4.69) is 10.2 Å². The van der Waals surface area contributed by atoms with Gasteiger partial charge < -0.3 is 9.30 Å². The maximum absolute atomic E-state index is 11.7. The van der Waals surface area contributed by atoms with Crippen molar-refractivity contribution in [1.82, 2.24) is 14.8 Å². The molecule has 0 N–H and O–H groups in total. The Morgan fingerprint density at radius 2 is 2.27 bits per heavy atom. The van der Waals surface area contributed by atoms with Gasteiger partial charge in [-0.15, -0.1) is 10.2 Å². The van der Waals surface area contributed by atoms with Gasteiger partial charge in [-0.05, 0) is 12.8 Å². The Hall–Kier alpha value is -1.39. The fraction of sp³-hybridized carbons (Fsp3) is 0.700. The lowest BCUT2D eigenvalue weighted by molar-refractivity contribution is -0.146. The summed E-state index contributed by atoms with van der Waals surface area (Å²) in [6.07, 6.45) is 1.59. The van der Waals surface area contributed by atoms with Gasteiger partial charge in [-0.25, -0.2) is 0 Å². The first-order valence-electron chi connectivity index (χ1n) is 5.08. The predicted molar refractivity (Wildman–Crippen MR) is 55.2 cm³/mol. The molecule has 1 heterocycles. The van der Waals surface area contributed by atoms with Crippen molar-refractivity contribution in [1.29, 1.82) is 0 Å². The van der Waals surface area contributed by atoms with Crippen molar-refractivity contribution >= 4 is 5.97 Å². The lowest BCUT2D eigenvalue weighted by atomic mass is 9.95. The number of hydrogen-bond acceptors (Lipinski definition) is 4. The Kier molecular flexibility index (Phi) is 3.82. The van der Waals surface area contributed by atoms with Crippen molar-refractivity contribution in [3.8, 4) is 0 Å². The molecule has 0 spiro atoms. The molecule has 1 aromatic rings. The molecule has 0 aliphatic heterocycles. The second-order valence-corrected chi connectivity index (χ2v) is 3.77. The van der Waals surface area contributed by atoms with Crippen LogP contribution in [0.15, 0.2) is 6.33 Å². The van der Waals surface area contributed by atoms with Crippen molar-refractivity contribution in [2.75, 3.05) is 6.61 Å². The summed E-state index contributed by atoms with van der Waals surface area (Å²) in [7, 11) is 1.82. The van der Waals surface area contributed by atoms with Crippen molar-refractivity contribution in [3.63, 3.8) is 0 Å². The van der Waals surface area contributed by atoms with Gasteiger partial charge in [-0.2, -0.15) is 0 Å². The molecule has 0 aliphatic carbocycles. The molecule has 0 aliphatic rings. The number of carbonyl (C=O) groups is 1. The Balaban J connectivity index is 2.93. The molecule has 15 heavy (non-hydrogen) atoms. The minimum Gasteiger partial charge on any atom is -0.465 e. The zero-order valence-corrected chi connectivity index (χ0v) is 9.60. The number of carbonyl (C=O) groups excluding carboxylic acids is 1. The van der Waals surface area contributed by atoms with Crippen LogP contribution < -0.4 is 0 Å². The Bertz CT molecular complexity index is 333. The summed E-state index contributed by atoms with van der Waals surface area (Å²) in [5, 5.41) is 7.73. The zero-order valence-electron chi connectivity index (χ0n) is 9.60. The summed E-state index contributed by atoms with van der Waals surface area (Å²) >= 11 is 0. The van der Waals surface area contributed by atoms with Crippen LogP contribution in [0.2, 0.25) is 0 Å². The molecular formula is C10H17N3O2. The molecule has 0 saturated heterocycles. The van der Waals surface area contributed by atoms with Gasteiger partial charge in [-0.3, -0.25) is 4.79 Å². The first-order chi connectivity index (χ1) is 7.07. The highest BCUT2D eigenvalue weighted by Crippen LogP contribution is 2.23. The van der Waals surface area contributed by atoms with Gasteiger partial charge in [-0.1, -0.05) is 13.8 Å². The fourth-order valence-electron chi connectivity index (χ4n) is 1.48. The lowest BCUT2D eigenvalue weighted by Gasteiger charge is -2.17. The highest BCUT2D eigenvalue weighted by molar-refractivity contribution is 5.77. The van der Waals surface area contributed by atoms with Crippen LogP contribution in [0.5, 0.6) is 0 Å². The number of rotatable bonds is 4. The normalized spacial score (nSPS) is 12.9. The molecule has 84 valence electrons. The Morgan fingerprint density at radius 3 is 2.67 bits per heavy atom. The largest absolute Gasteiger partial charge is 0.465 e. The van der Waals surface area contributed by atoms with Crippen LogP contribution in [0, 0.1) is 5.92 Å². The third kappa shape index (κ3) is 2.55. The van der Waals surface area contributed by atoms with Gasteiger partial charge in [0.15, 0.2) is 0 Å². The van der Waals surface area contributed by atoms with Crippen molar-refractivity contribution < 1.29 is 9.53 Å². The predicted octanol–water partition coefficient (Wildman–Crippen LogP) is 1.12. The van der Waals surface area contributed by atoms with Crippen LogP contribution in [-0.2, 0) is 16.6 Å². The van der Waals surface area contributed by atoms with E-state index in [9.17, 15) is 4.79 Å². The number of aromatic nitrogens is 3. The van der Waals surface area contributed by atoms with E-state index in [1.54, 1.807) is 17.8 Å². The van der Waals surface area contributed by atoms with Gasteiger partial charge in [0.25, 0.3) is 0 Å². The first-order valence-corrected chi connectivity index (χ1v) is 5.08. The molecule has 0 radical (unpaired) electrons. The standard InChI is InChI=1S/C10H17N3O2/c1-5-15-10(14)8(7(2)3)9-12-11-6-13(9)4/h6-8H,5H2,1-4H3. The van der Waals surface area contributed by atoms with Gasteiger partial charge in [0.05, 0.1) is 6.61 Å². The average Bonchev–Trinajstić information content (AvgIpc) is 2.52. The summed E-state index contributed by atoms with van der Waals surface area (Å²) in [5.41, 5.74) is 0. The second-order valence-electron chi connectivity index (χ2n) is 3.77. The van der Waals surface area contributed by atoms with E-state index in [4.69, 9.17) is 4.74 Å². The van der Waals surface area contributed by atoms with E-state index in [0.717, 1.165) is 0 Å². The third-order valence-electron chi connectivity index (χ3n) is 2.23. The lowest BCUT2D eigenvalue weighted by Crippen LogP contribution is -2.23. The SMILES string of the molecule is CCOC(=O)C(c1nncn1C)C(C)C. The number of ether oxygens (including phenoxy) is 1. The van der Waals surface area contributed by atoms with E-state index in [1.165, 1.54) is 0 Å². The quantitative estimate of drug-likeness (QED) is 0.700. The van der Waals surface area contributed by atoms with E-state index in [0.29, 0.717) is 12.4 Å². The minimum absolute atomic E-state index is 0.145. The van der Waals surface area contributed by atoms with Crippen LogP contribution in [0.1, 0.15) is 32.5 Å². The minimum atomic E-state index is -0.336. The summed E-state index contributed by atoms with van der Waals surface area (Å²) in [6, 6.07) is 0. The maximum atomic E-state index is 11.7. The van der Waals surface area contributed by atoms with Crippen molar-refractivity contribution in [2.45, 2.75) is 26.7 Å². The molecule has 0 bridgehead atoms. The summed E-state index contributed by atoms with van der Waals surface area (Å²) < 4.78 is 6.78. The number of aryl methyl sites for hydroxylation is 1. The number of esters is 1. The molecule has 1 unspecified atom stereocenters. The van der Waals surface area contributed by atoms with Crippen LogP contribution in [0.4, 0.5) is 0 Å². The van der Waals surface area contributed by atoms with E-state index < -0.39 is 0 Å². The monoisotopic (exact) mass is 211 g/mol. The Labute approximate surface area is 89.5 Å². The molecule has 5 heteroatoms. The smallest absolute Gasteiger partial charge is 0.316 e. The fourth-order valence-corrected chi connectivity index (χ4v) is 1.48. The molecule has 0 amide bonds. The molecule has 0 fully saturated rings. The summed E-state index contributed by atoms with van der Waals surface area (Å²) in [4.78, 5) is 11.7. The van der Waals surface area contributed by atoms with E-state index in [1.807, 2.05) is 20.9 Å². The van der Waals surface area contributed by atoms with Gasteiger partial charge in [0.2, 0.25) is 0 Å². The van der Waals surface area contributed by atoms with Crippen molar-refractivity contribution in [2.24, 2.45) is 13.0 Å². The molecule has 1 atom stereocenters. The van der Waals surface area contributed by atoms with Gasteiger partial charge >= 0.3 is 5.97 Å². The molecule has 5 nitrogen and oxygen atoms in total. The van der Waals surface area contributed by atoms with Crippen LogP contribution in [0.3, 0.4) is 0 Å². The topological polar surface area (TPSA) is 57.0 Å². The summed E-state index contributed by atoms with van der Waals surface area (Å²) in [6.45, 7) is 6.12. The molecule has 0 aromatic carbocycles. The van der Waals surface area contributed by atoms with Gasteiger partial charge in [0.1, 0.15) is 18.1 Å². The Morgan fingerprint density at radius 1 is 1.60 bits per heavy atom. The van der Waals surface area contributed by atoms with E-state index in [-0.39, 0.29) is 17.8 Å². The summed E-state index contributed by atoms with van der Waals surface area (Å²) in [5.74, 6) is 0.233. The van der Waals surface area contributed by atoms with Crippen LogP contribution in [0.25, 0.3) is 0 Å². The molecular weight excluding hydrogens is 194 g/mol. The van der Waals surface area contributed by atoms with Crippen LogP contribution in [-0.4, -0.2) is 27.3 Å². The molecule has 1 aromatic heterocycles. The van der Waals surface area contributed by atoms with Crippen LogP contribution >= 0.6 is 0 Å². The number of nitrogens with zero attached hydrogens (tertiary/aromatic N) is 3.